The molecule has 5 rings (SSSR count). The number of methoxy groups -OCH3 is 1. The summed E-state index contributed by atoms with van der Waals surface area (Å²) in [6.45, 7) is 1.44. The van der Waals surface area contributed by atoms with Gasteiger partial charge in [0.25, 0.3) is 5.91 Å². The van der Waals surface area contributed by atoms with Gasteiger partial charge in [0.15, 0.2) is 0 Å². The lowest BCUT2D eigenvalue weighted by atomic mass is 9.87. The molecule has 3 aromatic rings. The standard InChI is InChI=1S/C28H27ClF2N4O5/c1-38-19-8-22(30)26(23(31)9-19)21-12-35(24-10-25(34-15-33-24)40-14-16-6-7-39-13-16)28(37)20(21)11-32-27(36)17-2-4-18(29)5-3-17/h2-5,8-10,15-16,20-21H,6-7,11-14H2,1H3,(H,32,36)/t16?,20?,21-/m1/s1. The summed E-state index contributed by atoms with van der Waals surface area (Å²) < 4.78 is 46.5. The van der Waals surface area contributed by atoms with Gasteiger partial charge in [0.1, 0.15) is 29.5 Å². The lowest BCUT2D eigenvalue weighted by Crippen LogP contribution is -2.36. The molecule has 9 nitrogen and oxygen atoms in total. The third-order valence-electron chi connectivity index (χ3n) is 7.09. The Morgan fingerprint density at radius 1 is 1.18 bits per heavy atom. The molecule has 2 aromatic carbocycles. The highest BCUT2D eigenvalue weighted by Gasteiger charge is 2.45. The molecular weight excluding hydrogens is 546 g/mol. The van der Waals surface area contributed by atoms with E-state index in [-0.39, 0.29) is 42.0 Å². The Hall–Kier alpha value is -3.83. The maximum atomic E-state index is 15.2. The molecular formula is C28H27ClF2N4O5. The van der Waals surface area contributed by atoms with Crippen LogP contribution < -0.4 is 19.7 Å². The second-order valence-electron chi connectivity index (χ2n) is 9.64. The van der Waals surface area contributed by atoms with E-state index in [4.69, 9.17) is 25.8 Å². The minimum atomic E-state index is -0.983. The molecule has 2 saturated heterocycles. The van der Waals surface area contributed by atoms with Crippen LogP contribution in [0, 0.1) is 23.5 Å². The number of nitrogens with zero attached hydrogens (tertiary/aromatic N) is 3. The molecule has 3 heterocycles. The molecule has 1 N–H and O–H groups in total. The molecule has 3 atom stereocenters. The molecule has 0 bridgehead atoms. The number of hydrogen-bond acceptors (Lipinski definition) is 7. The Balaban J connectivity index is 1.40. The first-order chi connectivity index (χ1) is 19.3. The molecule has 12 heteroatoms. The van der Waals surface area contributed by atoms with E-state index >= 15 is 8.78 Å². The average molecular weight is 573 g/mol. The van der Waals surface area contributed by atoms with Crippen LogP contribution in [0.5, 0.6) is 11.6 Å². The smallest absolute Gasteiger partial charge is 0.251 e. The van der Waals surface area contributed by atoms with E-state index in [1.165, 1.54) is 24.4 Å². The number of benzene rings is 2. The van der Waals surface area contributed by atoms with E-state index in [1.807, 2.05) is 0 Å². The van der Waals surface area contributed by atoms with Gasteiger partial charge in [0.2, 0.25) is 11.8 Å². The molecule has 0 saturated carbocycles. The van der Waals surface area contributed by atoms with Gasteiger partial charge >= 0.3 is 0 Å². The lowest BCUT2D eigenvalue weighted by molar-refractivity contribution is -0.120. The van der Waals surface area contributed by atoms with Crippen molar-refractivity contribution in [2.24, 2.45) is 11.8 Å². The van der Waals surface area contributed by atoms with Crippen LogP contribution in [-0.4, -0.2) is 61.8 Å². The Morgan fingerprint density at radius 3 is 2.60 bits per heavy atom. The van der Waals surface area contributed by atoms with E-state index in [2.05, 4.69) is 15.3 Å². The van der Waals surface area contributed by atoms with Gasteiger partial charge < -0.3 is 19.5 Å². The van der Waals surface area contributed by atoms with Gasteiger partial charge in [-0.15, -0.1) is 0 Å². The predicted molar refractivity (Wildman–Crippen MR) is 142 cm³/mol. The van der Waals surface area contributed by atoms with Gasteiger partial charge in [-0.3, -0.25) is 14.5 Å². The summed E-state index contributed by atoms with van der Waals surface area (Å²) in [6, 6.07) is 9.87. The van der Waals surface area contributed by atoms with Crippen molar-refractivity contribution in [3.63, 3.8) is 0 Å². The largest absolute Gasteiger partial charge is 0.497 e. The summed E-state index contributed by atoms with van der Waals surface area (Å²) in [4.78, 5) is 36.1. The van der Waals surface area contributed by atoms with E-state index in [0.717, 1.165) is 18.6 Å². The maximum absolute atomic E-state index is 15.2. The number of halogens is 3. The first-order valence-corrected chi connectivity index (χ1v) is 13.1. The van der Waals surface area contributed by atoms with Gasteiger partial charge in [0.05, 0.1) is 26.2 Å². The molecule has 2 fully saturated rings. The number of ether oxygens (including phenoxy) is 3. The fraction of sp³-hybridized carbons (Fsp3) is 0.357. The van der Waals surface area contributed by atoms with Gasteiger partial charge in [-0.2, -0.15) is 0 Å². The minimum Gasteiger partial charge on any atom is -0.497 e. The highest BCUT2D eigenvalue weighted by molar-refractivity contribution is 6.30. The quantitative estimate of drug-likeness (QED) is 0.413. The second kappa shape index (κ2) is 12.1. The highest BCUT2D eigenvalue weighted by atomic mass is 35.5. The number of aromatic nitrogens is 2. The van der Waals surface area contributed by atoms with Crippen LogP contribution in [0.1, 0.15) is 28.3 Å². The Labute approximate surface area is 234 Å². The van der Waals surface area contributed by atoms with Crippen LogP contribution in [0.15, 0.2) is 48.8 Å². The molecule has 0 radical (unpaired) electrons. The fourth-order valence-electron chi connectivity index (χ4n) is 4.93. The van der Waals surface area contributed by atoms with Crippen molar-refractivity contribution < 1.29 is 32.6 Å². The first kappa shape index (κ1) is 27.7. The van der Waals surface area contributed by atoms with E-state index < -0.39 is 35.3 Å². The number of carbonyl (C=O) groups excluding carboxylic acids is 2. The van der Waals surface area contributed by atoms with Crippen molar-refractivity contribution in [3.8, 4) is 11.6 Å². The third-order valence-corrected chi connectivity index (χ3v) is 7.34. The zero-order chi connectivity index (χ0) is 28.2. The monoisotopic (exact) mass is 572 g/mol. The van der Waals surface area contributed by atoms with Crippen LogP contribution in [0.25, 0.3) is 0 Å². The van der Waals surface area contributed by atoms with Crippen molar-refractivity contribution in [1.29, 1.82) is 0 Å². The van der Waals surface area contributed by atoms with E-state index in [1.54, 1.807) is 24.3 Å². The van der Waals surface area contributed by atoms with Crippen molar-refractivity contribution >= 4 is 29.2 Å². The summed E-state index contributed by atoms with van der Waals surface area (Å²) in [5.74, 6) is -3.78. The van der Waals surface area contributed by atoms with Crippen molar-refractivity contribution in [2.45, 2.75) is 12.3 Å². The topological polar surface area (TPSA) is 103 Å². The lowest BCUT2D eigenvalue weighted by Gasteiger charge is -2.19. The number of anilines is 1. The number of nitrogens with one attached hydrogen (secondary N) is 1. The van der Waals surface area contributed by atoms with E-state index in [0.29, 0.717) is 30.4 Å². The van der Waals surface area contributed by atoms with Crippen molar-refractivity contribution in [2.75, 3.05) is 44.9 Å². The predicted octanol–water partition coefficient (Wildman–Crippen LogP) is 4.01. The van der Waals surface area contributed by atoms with Gasteiger partial charge in [-0.25, -0.2) is 18.7 Å². The van der Waals surface area contributed by atoms with Crippen LogP contribution in [0.2, 0.25) is 5.02 Å². The number of hydrogen-bond donors (Lipinski definition) is 1. The minimum absolute atomic E-state index is 0.0118. The molecule has 2 unspecified atom stereocenters. The first-order valence-electron chi connectivity index (χ1n) is 12.7. The normalized spacial score (nSPS) is 20.6. The maximum Gasteiger partial charge on any atom is 0.251 e. The highest BCUT2D eigenvalue weighted by Crippen LogP contribution is 2.39. The fourth-order valence-corrected chi connectivity index (χ4v) is 5.05. The zero-order valence-corrected chi connectivity index (χ0v) is 22.4. The summed E-state index contributed by atoms with van der Waals surface area (Å²) in [6.07, 6.45) is 2.15. The van der Waals surface area contributed by atoms with Crippen molar-refractivity contribution in [1.82, 2.24) is 15.3 Å². The molecule has 40 heavy (non-hydrogen) atoms. The van der Waals surface area contributed by atoms with Crippen molar-refractivity contribution in [3.05, 3.63) is 76.6 Å². The zero-order valence-electron chi connectivity index (χ0n) is 21.6. The molecule has 210 valence electrons. The molecule has 2 aliphatic heterocycles. The molecule has 0 aliphatic carbocycles. The summed E-state index contributed by atoms with van der Waals surface area (Å²) in [5, 5.41) is 3.18. The Bertz CT molecular complexity index is 1360. The van der Waals surface area contributed by atoms with Crippen LogP contribution in [0.3, 0.4) is 0 Å². The van der Waals surface area contributed by atoms with E-state index in [9.17, 15) is 9.59 Å². The van der Waals surface area contributed by atoms with Crippen LogP contribution in [-0.2, 0) is 9.53 Å². The van der Waals surface area contributed by atoms with Gasteiger partial charge in [-0.05, 0) is 30.7 Å². The summed E-state index contributed by atoms with van der Waals surface area (Å²) in [5.41, 5.74) is 0.0597. The number of rotatable bonds is 9. The summed E-state index contributed by atoms with van der Waals surface area (Å²) >= 11 is 5.91. The molecule has 2 amide bonds. The average Bonchev–Trinajstić information content (AvgIpc) is 3.58. The number of carbonyl (C=O) groups is 2. The summed E-state index contributed by atoms with van der Waals surface area (Å²) in [7, 11) is 1.30. The van der Waals surface area contributed by atoms with Gasteiger partial charge in [-0.1, -0.05) is 11.6 Å². The Kier molecular flexibility index (Phi) is 8.41. The molecule has 2 aliphatic rings. The second-order valence-corrected chi connectivity index (χ2v) is 10.1. The number of amides is 2. The Morgan fingerprint density at radius 2 is 1.93 bits per heavy atom. The van der Waals surface area contributed by atoms with Gasteiger partial charge in [0, 0.05) is 65.9 Å². The molecule has 0 spiro atoms. The molecule has 1 aromatic heterocycles. The SMILES string of the molecule is COc1cc(F)c([C@@H]2CN(c3cc(OCC4CCOC4)ncn3)C(=O)C2CNC(=O)c2ccc(Cl)cc2)c(F)c1. The van der Waals surface area contributed by atoms with Crippen LogP contribution in [0.4, 0.5) is 14.6 Å². The van der Waals surface area contributed by atoms with Crippen LogP contribution >= 0.6 is 11.6 Å². The third kappa shape index (κ3) is 6.00.